The first-order valence-electron chi connectivity index (χ1n) is 8.24. The zero-order valence-electron chi connectivity index (χ0n) is 13.1. The van der Waals surface area contributed by atoms with Crippen molar-refractivity contribution < 1.29 is 4.74 Å². The van der Waals surface area contributed by atoms with Crippen LogP contribution in [-0.2, 0) is 4.74 Å². The molecule has 1 atom stereocenters. The molecule has 1 nitrogen and oxygen atoms in total. The summed E-state index contributed by atoms with van der Waals surface area (Å²) < 4.78 is 6.25. The van der Waals surface area contributed by atoms with Crippen LogP contribution < -0.4 is 0 Å². The fourth-order valence-corrected chi connectivity index (χ4v) is 3.38. The Morgan fingerprint density at radius 3 is 2.06 bits per heavy atom. The summed E-state index contributed by atoms with van der Waals surface area (Å²) in [6.45, 7) is 10.3. The summed E-state index contributed by atoms with van der Waals surface area (Å²) in [6.07, 6.45) is 12.6. The molecular formula is C17H34O. The molecule has 1 aliphatic carbocycles. The minimum Gasteiger partial charge on any atom is -0.378 e. The second kappa shape index (κ2) is 8.19. The molecule has 1 fully saturated rings. The molecule has 0 spiro atoms. The Hall–Kier alpha value is -0.0400. The van der Waals surface area contributed by atoms with Gasteiger partial charge in [0.05, 0.1) is 6.10 Å². The highest BCUT2D eigenvalue weighted by Crippen LogP contribution is 2.40. The SMILES string of the molecule is CCCC(CCC)COC(C)C1(C)CCCCC1. The summed E-state index contributed by atoms with van der Waals surface area (Å²) >= 11 is 0. The predicted octanol–water partition coefficient (Wildman–Crippen LogP) is 5.58. The van der Waals surface area contributed by atoms with Crippen molar-refractivity contribution in [3.8, 4) is 0 Å². The third-order valence-corrected chi connectivity index (χ3v) is 4.95. The molecule has 1 heteroatoms. The first kappa shape index (κ1) is 16.0. The maximum atomic E-state index is 6.25. The molecule has 1 saturated carbocycles. The molecule has 0 radical (unpaired) electrons. The van der Waals surface area contributed by atoms with Gasteiger partial charge in [-0.25, -0.2) is 0 Å². The summed E-state index contributed by atoms with van der Waals surface area (Å²) in [4.78, 5) is 0. The maximum absolute atomic E-state index is 6.25. The van der Waals surface area contributed by atoms with E-state index >= 15 is 0 Å². The fourth-order valence-electron chi connectivity index (χ4n) is 3.38. The van der Waals surface area contributed by atoms with Crippen LogP contribution in [0.2, 0.25) is 0 Å². The van der Waals surface area contributed by atoms with E-state index in [9.17, 15) is 0 Å². The van der Waals surface area contributed by atoms with Gasteiger partial charge in [0.15, 0.2) is 0 Å². The molecule has 0 saturated heterocycles. The van der Waals surface area contributed by atoms with Gasteiger partial charge in [0.1, 0.15) is 0 Å². The van der Waals surface area contributed by atoms with E-state index in [1.807, 2.05) is 0 Å². The normalized spacial score (nSPS) is 21.2. The highest BCUT2D eigenvalue weighted by molar-refractivity contribution is 4.84. The quantitative estimate of drug-likeness (QED) is 0.549. The van der Waals surface area contributed by atoms with Crippen LogP contribution in [0.3, 0.4) is 0 Å². The standard InChI is InChI=1S/C17H34O/c1-5-10-16(11-6-2)14-18-15(3)17(4)12-8-7-9-13-17/h15-16H,5-14H2,1-4H3. The Kier molecular flexibility index (Phi) is 7.29. The van der Waals surface area contributed by atoms with E-state index in [-0.39, 0.29) is 0 Å². The van der Waals surface area contributed by atoms with Crippen molar-refractivity contribution in [1.29, 1.82) is 0 Å². The lowest BCUT2D eigenvalue weighted by Crippen LogP contribution is -2.35. The summed E-state index contributed by atoms with van der Waals surface area (Å²) in [5, 5.41) is 0. The average Bonchev–Trinajstić information content (AvgIpc) is 2.37. The van der Waals surface area contributed by atoms with Crippen molar-refractivity contribution in [3.63, 3.8) is 0 Å². The van der Waals surface area contributed by atoms with Crippen LogP contribution in [0.1, 0.15) is 85.5 Å². The molecule has 0 aromatic heterocycles. The van der Waals surface area contributed by atoms with Crippen molar-refractivity contribution in [3.05, 3.63) is 0 Å². The molecule has 0 N–H and O–H groups in total. The second-order valence-electron chi connectivity index (χ2n) is 6.63. The van der Waals surface area contributed by atoms with Gasteiger partial charge in [-0.2, -0.15) is 0 Å². The van der Waals surface area contributed by atoms with E-state index in [1.54, 1.807) is 0 Å². The molecule has 0 heterocycles. The third-order valence-electron chi connectivity index (χ3n) is 4.95. The summed E-state index contributed by atoms with van der Waals surface area (Å²) in [5.74, 6) is 0.787. The average molecular weight is 254 g/mol. The zero-order chi connectivity index (χ0) is 13.4. The molecule has 18 heavy (non-hydrogen) atoms. The second-order valence-corrected chi connectivity index (χ2v) is 6.63. The van der Waals surface area contributed by atoms with Gasteiger partial charge in [-0.3, -0.25) is 0 Å². The van der Waals surface area contributed by atoms with Gasteiger partial charge in [0, 0.05) is 6.61 Å². The Balaban J connectivity index is 2.35. The number of rotatable bonds is 8. The molecule has 0 aromatic carbocycles. The van der Waals surface area contributed by atoms with Gasteiger partial charge in [-0.05, 0) is 43.9 Å². The molecule has 1 rings (SSSR count). The van der Waals surface area contributed by atoms with Crippen LogP contribution in [0, 0.1) is 11.3 Å². The smallest absolute Gasteiger partial charge is 0.0600 e. The minimum absolute atomic E-state index is 0.439. The van der Waals surface area contributed by atoms with Gasteiger partial charge in [-0.15, -0.1) is 0 Å². The molecule has 1 aliphatic rings. The lowest BCUT2D eigenvalue weighted by molar-refractivity contribution is -0.0535. The Morgan fingerprint density at radius 1 is 1.00 bits per heavy atom. The molecule has 0 aromatic rings. The molecule has 108 valence electrons. The summed E-state index contributed by atoms with van der Waals surface area (Å²) in [6, 6.07) is 0. The third kappa shape index (κ3) is 4.91. The number of hydrogen-bond donors (Lipinski definition) is 0. The predicted molar refractivity (Wildman–Crippen MR) is 79.9 cm³/mol. The van der Waals surface area contributed by atoms with E-state index < -0.39 is 0 Å². The van der Waals surface area contributed by atoms with Gasteiger partial charge in [0.25, 0.3) is 0 Å². The van der Waals surface area contributed by atoms with Crippen molar-refractivity contribution in [2.75, 3.05) is 6.61 Å². The molecular weight excluding hydrogens is 220 g/mol. The first-order valence-corrected chi connectivity index (χ1v) is 8.24. The molecule has 0 bridgehead atoms. The Bertz CT molecular complexity index is 200. The van der Waals surface area contributed by atoms with Crippen molar-refractivity contribution in [1.82, 2.24) is 0 Å². The fraction of sp³-hybridized carbons (Fsp3) is 1.00. The topological polar surface area (TPSA) is 9.23 Å². The monoisotopic (exact) mass is 254 g/mol. The lowest BCUT2D eigenvalue weighted by atomic mass is 9.72. The van der Waals surface area contributed by atoms with Crippen molar-refractivity contribution in [2.45, 2.75) is 91.6 Å². The van der Waals surface area contributed by atoms with Gasteiger partial charge < -0.3 is 4.74 Å². The van der Waals surface area contributed by atoms with Crippen molar-refractivity contribution in [2.24, 2.45) is 11.3 Å². The van der Waals surface area contributed by atoms with Crippen LogP contribution in [0.25, 0.3) is 0 Å². The minimum atomic E-state index is 0.439. The van der Waals surface area contributed by atoms with Crippen LogP contribution in [-0.4, -0.2) is 12.7 Å². The largest absolute Gasteiger partial charge is 0.378 e. The van der Waals surface area contributed by atoms with E-state index in [2.05, 4.69) is 27.7 Å². The number of hydrogen-bond acceptors (Lipinski definition) is 1. The van der Waals surface area contributed by atoms with Crippen LogP contribution in [0.15, 0.2) is 0 Å². The van der Waals surface area contributed by atoms with Crippen molar-refractivity contribution >= 4 is 0 Å². The van der Waals surface area contributed by atoms with Gasteiger partial charge in [0.2, 0.25) is 0 Å². The molecule has 0 aliphatic heterocycles. The Morgan fingerprint density at radius 2 is 1.56 bits per heavy atom. The van der Waals surface area contributed by atoms with Crippen LogP contribution in [0.4, 0.5) is 0 Å². The van der Waals surface area contributed by atoms with Crippen LogP contribution in [0.5, 0.6) is 0 Å². The zero-order valence-corrected chi connectivity index (χ0v) is 13.1. The summed E-state index contributed by atoms with van der Waals surface area (Å²) in [5.41, 5.74) is 0.446. The van der Waals surface area contributed by atoms with E-state index in [1.165, 1.54) is 57.8 Å². The maximum Gasteiger partial charge on any atom is 0.0600 e. The van der Waals surface area contributed by atoms with Gasteiger partial charge in [-0.1, -0.05) is 52.9 Å². The van der Waals surface area contributed by atoms with E-state index in [0.29, 0.717) is 11.5 Å². The highest BCUT2D eigenvalue weighted by Gasteiger charge is 2.33. The molecule has 0 amide bonds. The Labute approximate surface area is 115 Å². The van der Waals surface area contributed by atoms with E-state index in [0.717, 1.165) is 12.5 Å². The van der Waals surface area contributed by atoms with E-state index in [4.69, 9.17) is 4.74 Å². The van der Waals surface area contributed by atoms with Gasteiger partial charge >= 0.3 is 0 Å². The molecule has 1 unspecified atom stereocenters. The lowest BCUT2D eigenvalue weighted by Gasteiger charge is -2.39. The summed E-state index contributed by atoms with van der Waals surface area (Å²) in [7, 11) is 0. The number of ether oxygens (including phenoxy) is 1. The highest BCUT2D eigenvalue weighted by atomic mass is 16.5. The van der Waals surface area contributed by atoms with Crippen LogP contribution >= 0.6 is 0 Å². The first-order chi connectivity index (χ1) is 8.62.